The first-order chi connectivity index (χ1) is 15.2. The number of aromatic nitrogens is 2. The van der Waals surface area contributed by atoms with E-state index < -0.39 is 17.4 Å². The van der Waals surface area contributed by atoms with Gasteiger partial charge in [-0.1, -0.05) is 11.6 Å². The molecule has 6 nitrogen and oxygen atoms in total. The largest absolute Gasteiger partial charge is 0.365 e. The summed E-state index contributed by atoms with van der Waals surface area (Å²) in [6.07, 6.45) is 4.30. The quantitative estimate of drug-likeness (QED) is 0.738. The maximum Gasteiger partial charge on any atom is 0.252 e. The Balaban J connectivity index is 1.39. The van der Waals surface area contributed by atoms with Crippen LogP contribution in [0.4, 0.5) is 8.78 Å². The van der Waals surface area contributed by atoms with Gasteiger partial charge in [0.1, 0.15) is 17.2 Å². The van der Waals surface area contributed by atoms with E-state index in [-0.39, 0.29) is 28.5 Å². The number of fused-ring (bicyclic) bond motifs is 4. The van der Waals surface area contributed by atoms with Gasteiger partial charge in [-0.3, -0.25) is 14.3 Å². The summed E-state index contributed by atoms with van der Waals surface area (Å²) in [7, 11) is 0. The first-order valence-electron chi connectivity index (χ1n) is 11.0. The Morgan fingerprint density at radius 3 is 2.44 bits per heavy atom. The average molecular weight is 463 g/mol. The number of amides is 2. The number of nitrogens with zero attached hydrogens (tertiary/aromatic N) is 3. The number of hydrogen-bond acceptors (Lipinski definition) is 3. The lowest BCUT2D eigenvalue weighted by Crippen LogP contribution is -2.47. The molecule has 2 amide bonds. The summed E-state index contributed by atoms with van der Waals surface area (Å²) in [5.41, 5.74) is 6.16. The highest BCUT2D eigenvalue weighted by Crippen LogP contribution is 2.55. The summed E-state index contributed by atoms with van der Waals surface area (Å²) < 4.78 is 29.8. The zero-order chi connectivity index (χ0) is 22.7. The number of alkyl halides is 1. The van der Waals surface area contributed by atoms with Crippen LogP contribution in [0.25, 0.3) is 11.3 Å². The fraction of sp³-hybridized carbons (Fsp3) is 0.522. The molecule has 6 rings (SSSR count). The van der Waals surface area contributed by atoms with Gasteiger partial charge >= 0.3 is 0 Å². The number of hydrogen-bond donors (Lipinski definition) is 1. The SMILES string of the molecule is NC(=O)c1c(-c2ccc(F)c(Cl)c2)nn2c1CN(C(=O)CC13CCC(F)(CC1)CC3)CC2. The molecule has 3 fully saturated rings. The molecule has 0 saturated heterocycles. The summed E-state index contributed by atoms with van der Waals surface area (Å²) in [6, 6.07) is 4.13. The van der Waals surface area contributed by atoms with E-state index >= 15 is 0 Å². The minimum Gasteiger partial charge on any atom is -0.365 e. The van der Waals surface area contributed by atoms with Crippen molar-refractivity contribution in [1.82, 2.24) is 14.7 Å². The van der Waals surface area contributed by atoms with Crippen LogP contribution in [0.1, 0.15) is 61.0 Å². The highest BCUT2D eigenvalue weighted by molar-refractivity contribution is 6.31. The van der Waals surface area contributed by atoms with Gasteiger partial charge in [-0.15, -0.1) is 0 Å². The lowest BCUT2D eigenvalue weighted by Gasteiger charge is -2.50. The van der Waals surface area contributed by atoms with Crippen molar-refractivity contribution in [2.45, 2.75) is 63.7 Å². The highest BCUT2D eigenvalue weighted by atomic mass is 35.5. The summed E-state index contributed by atoms with van der Waals surface area (Å²) in [4.78, 5) is 27.3. The van der Waals surface area contributed by atoms with E-state index in [9.17, 15) is 18.4 Å². The summed E-state index contributed by atoms with van der Waals surface area (Å²) in [5, 5.41) is 4.45. The second-order valence-corrected chi connectivity index (χ2v) is 9.94. The van der Waals surface area contributed by atoms with E-state index in [1.54, 1.807) is 9.58 Å². The lowest BCUT2D eigenvalue weighted by atomic mass is 9.58. The molecule has 3 saturated carbocycles. The Morgan fingerprint density at radius 1 is 1.12 bits per heavy atom. The van der Waals surface area contributed by atoms with E-state index in [4.69, 9.17) is 17.3 Å². The number of carbonyl (C=O) groups is 2. The van der Waals surface area contributed by atoms with Crippen LogP contribution in [0.3, 0.4) is 0 Å². The number of nitrogens with two attached hydrogens (primary N) is 1. The van der Waals surface area contributed by atoms with E-state index in [2.05, 4.69) is 5.10 Å². The Kier molecular flexibility index (Phi) is 5.04. The molecule has 1 aromatic carbocycles. The van der Waals surface area contributed by atoms with Gasteiger partial charge in [0.25, 0.3) is 5.91 Å². The van der Waals surface area contributed by atoms with Gasteiger partial charge in [-0.25, -0.2) is 8.78 Å². The van der Waals surface area contributed by atoms with Crippen LogP contribution in [0.5, 0.6) is 0 Å². The molecule has 1 aromatic heterocycles. The smallest absolute Gasteiger partial charge is 0.252 e. The van der Waals surface area contributed by atoms with Crippen LogP contribution in [-0.4, -0.2) is 38.7 Å². The minimum absolute atomic E-state index is 0.0208. The van der Waals surface area contributed by atoms with Crippen molar-refractivity contribution in [3.8, 4) is 11.3 Å². The van der Waals surface area contributed by atoms with Crippen molar-refractivity contribution in [2.75, 3.05) is 6.54 Å². The van der Waals surface area contributed by atoms with Crippen molar-refractivity contribution in [3.05, 3.63) is 40.3 Å². The molecule has 2 bridgehead atoms. The predicted octanol–water partition coefficient (Wildman–Crippen LogP) is 4.24. The van der Waals surface area contributed by atoms with Crippen LogP contribution in [-0.2, 0) is 17.9 Å². The van der Waals surface area contributed by atoms with Gasteiger partial charge in [0.15, 0.2) is 0 Å². The average Bonchev–Trinajstić information content (AvgIpc) is 3.16. The first-order valence-corrected chi connectivity index (χ1v) is 11.4. The third-order valence-corrected chi connectivity index (χ3v) is 7.90. The van der Waals surface area contributed by atoms with Crippen molar-refractivity contribution in [3.63, 3.8) is 0 Å². The second kappa shape index (κ2) is 7.54. The van der Waals surface area contributed by atoms with Crippen molar-refractivity contribution in [2.24, 2.45) is 11.1 Å². The Hall–Kier alpha value is -2.48. The fourth-order valence-electron chi connectivity index (χ4n) is 5.55. The maximum absolute atomic E-state index is 14.5. The van der Waals surface area contributed by atoms with Gasteiger partial charge in [0, 0.05) is 18.5 Å². The molecule has 0 atom stereocenters. The molecule has 1 aliphatic heterocycles. The minimum atomic E-state index is -1.03. The molecule has 3 aliphatic carbocycles. The first kappa shape index (κ1) is 21.4. The van der Waals surface area contributed by atoms with Gasteiger partial charge in [-0.2, -0.15) is 5.10 Å². The zero-order valence-corrected chi connectivity index (χ0v) is 18.4. The van der Waals surface area contributed by atoms with Crippen LogP contribution < -0.4 is 5.73 Å². The predicted molar refractivity (Wildman–Crippen MR) is 115 cm³/mol. The van der Waals surface area contributed by atoms with E-state index in [0.717, 1.165) is 19.3 Å². The fourth-order valence-corrected chi connectivity index (χ4v) is 5.73. The Bertz CT molecular complexity index is 1090. The highest BCUT2D eigenvalue weighted by Gasteiger charge is 2.50. The lowest BCUT2D eigenvalue weighted by molar-refractivity contribution is -0.139. The molecule has 0 spiro atoms. The van der Waals surface area contributed by atoms with Gasteiger partial charge in [0.05, 0.1) is 29.4 Å². The molecule has 4 aliphatic rings. The van der Waals surface area contributed by atoms with Crippen LogP contribution in [0.15, 0.2) is 18.2 Å². The maximum atomic E-state index is 14.5. The summed E-state index contributed by atoms with van der Waals surface area (Å²) >= 11 is 5.92. The van der Waals surface area contributed by atoms with E-state index in [1.807, 2.05) is 0 Å². The van der Waals surface area contributed by atoms with Crippen molar-refractivity contribution < 1.29 is 18.4 Å². The van der Waals surface area contributed by atoms with Crippen LogP contribution in [0, 0.1) is 11.2 Å². The third kappa shape index (κ3) is 3.58. The molecular formula is C23H25ClF2N4O2. The molecule has 32 heavy (non-hydrogen) atoms. The standard InChI is InChI=1S/C23H25ClF2N4O2/c24-15-11-14(1-2-16(15)25)20-19(21(27)32)17-13-29(9-10-30(17)28-20)18(31)12-22-3-6-23(26,7-4-22)8-5-22/h1-2,11H,3-10,12-13H2,(H2,27,32). The molecule has 0 unspecified atom stereocenters. The van der Waals surface area contributed by atoms with Crippen LogP contribution in [0.2, 0.25) is 5.02 Å². The molecule has 2 aromatic rings. The number of rotatable bonds is 4. The molecule has 2 heterocycles. The van der Waals surface area contributed by atoms with Gasteiger partial charge < -0.3 is 10.6 Å². The Morgan fingerprint density at radius 2 is 1.81 bits per heavy atom. The number of primary amides is 1. The number of halogens is 3. The second-order valence-electron chi connectivity index (χ2n) is 9.53. The summed E-state index contributed by atoms with van der Waals surface area (Å²) in [5.74, 6) is -1.20. The van der Waals surface area contributed by atoms with Crippen molar-refractivity contribution in [1.29, 1.82) is 0 Å². The normalized spacial score (nSPS) is 26.8. The van der Waals surface area contributed by atoms with E-state index in [1.165, 1.54) is 18.2 Å². The number of carbonyl (C=O) groups excluding carboxylic acids is 2. The topological polar surface area (TPSA) is 81.2 Å². The molecule has 9 heteroatoms. The molecule has 0 radical (unpaired) electrons. The third-order valence-electron chi connectivity index (χ3n) is 7.61. The molecule has 170 valence electrons. The molecule has 2 N–H and O–H groups in total. The monoisotopic (exact) mass is 462 g/mol. The van der Waals surface area contributed by atoms with Gasteiger partial charge in [-0.05, 0) is 62.1 Å². The number of benzene rings is 1. The zero-order valence-electron chi connectivity index (χ0n) is 17.7. The van der Waals surface area contributed by atoms with Crippen molar-refractivity contribution >= 4 is 23.4 Å². The van der Waals surface area contributed by atoms with Gasteiger partial charge in [0.2, 0.25) is 5.91 Å². The van der Waals surface area contributed by atoms with E-state index in [0.29, 0.717) is 55.7 Å². The van der Waals surface area contributed by atoms with Crippen LogP contribution >= 0.6 is 11.6 Å². The molecular weight excluding hydrogens is 438 g/mol. The Labute approximate surface area is 189 Å². The summed E-state index contributed by atoms with van der Waals surface area (Å²) in [6.45, 7) is 1.12.